The molecular weight excluding hydrogens is 335 g/mol. The van der Waals surface area contributed by atoms with E-state index < -0.39 is 15.8 Å². The van der Waals surface area contributed by atoms with Crippen molar-refractivity contribution in [2.75, 3.05) is 12.3 Å². The van der Waals surface area contributed by atoms with E-state index >= 15 is 0 Å². The monoisotopic (exact) mass is 350 g/mol. The number of hydrogen-bond acceptors (Lipinski definition) is 3. The number of nitrogens with two attached hydrogens (primary N) is 1. The molecule has 7 heteroatoms. The minimum absolute atomic E-state index is 0.00854. The molecule has 1 aliphatic carbocycles. The number of anilines is 1. The molecule has 1 aromatic rings. The topological polar surface area (TPSA) is 63.4 Å². The Balaban J connectivity index is 2.46. The van der Waals surface area contributed by atoms with Crippen LogP contribution in [-0.4, -0.2) is 25.3 Å². The van der Waals surface area contributed by atoms with E-state index in [4.69, 9.17) is 5.73 Å². The van der Waals surface area contributed by atoms with Gasteiger partial charge in [-0.05, 0) is 47.3 Å². The molecule has 19 heavy (non-hydrogen) atoms. The van der Waals surface area contributed by atoms with E-state index in [0.717, 1.165) is 18.9 Å². The van der Waals surface area contributed by atoms with Crippen LogP contribution in [0.1, 0.15) is 26.2 Å². The second-order valence-corrected chi connectivity index (χ2v) is 7.36. The summed E-state index contributed by atoms with van der Waals surface area (Å²) in [5.74, 6) is -0.775. The first-order valence-corrected chi connectivity index (χ1v) is 8.37. The number of benzene rings is 1. The molecule has 0 amide bonds. The highest BCUT2D eigenvalue weighted by atomic mass is 79.9. The van der Waals surface area contributed by atoms with Gasteiger partial charge in [-0.15, -0.1) is 0 Å². The summed E-state index contributed by atoms with van der Waals surface area (Å²) in [5, 5.41) is 0. The molecular formula is C12H16BrFN2O2S. The summed E-state index contributed by atoms with van der Waals surface area (Å²) >= 11 is 3.08. The number of hydrogen-bond donors (Lipinski definition) is 1. The standard InChI is InChI=1S/C12H16BrFN2O2S/c1-2-5-16(8-3-4-8)19(17,18)12-7-11(15)9(13)6-10(12)14/h6-8H,2-5,15H2,1H3. The van der Waals surface area contributed by atoms with Crippen molar-refractivity contribution in [2.45, 2.75) is 37.1 Å². The van der Waals surface area contributed by atoms with E-state index in [9.17, 15) is 12.8 Å². The highest BCUT2D eigenvalue weighted by Gasteiger charge is 2.38. The van der Waals surface area contributed by atoms with Gasteiger partial charge in [0.1, 0.15) is 10.7 Å². The number of nitrogens with zero attached hydrogens (tertiary/aromatic N) is 1. The molecule has 1 aliphatic rings. The van der Waals surface area contributed by atoms with Gasteiger partial charge in [-0.25, -0.2) is 12.8 Å². The fourth-order valence-electron chi connectivity index (χ4n) is 1.95. The maximum atomic E-state index is 13.9. The summed E-state index contributed by atoms with van der Waals surface area (Å²) in [6, 6.07) is 2.29. The molecule has 1 fully saturated rings. The first-order chi connectivity index (χ1) is 8.87. The van der Waals surface area contributed by atoms with Crippen LogP contribution in [0.4, 0.5) is 10.1 Å². The molecule has 0 bridgehead atoms. The van der Waals surface area contributed by atoms with Gasteiger partial charge in [0, 0.05) is 22.7 Å². The second kappa shape index (κ2) is 5.38. The summed E-state index contributed by atoms with van der Waals surface area (Å²) in [4.78, 5) is -0.339. The Morgan fingerprint density at radius 3 is 2.63 bits per heavy atom. The van der Waals surface area contributed by atoms with Crippen molar-refractivity contribution in [1.29, 1.82) is 0 Å². The zero-order valence-corrected chi connectivity index (χ0v) is 13.0. The van der Waals surface area contributed by atoms with E-state index in [1.54, 1.807) is 0 Å². The van der Waals surface area contributed by atoms with Gasteiger partial charge < -0.3 is 5.73 Å². The lowest BCUT2D eigenvalue weighted by Crippen LogP contribution is -2.34. The van der Waals surface area contributed by atoms with Crippen LogP contribution in [0, 0.1) is 5.82 Å². The van der Waals surface area contributed by atoms with Gasteiger partial charge in [0.25, 0.3) is 0 Å². The van der Waals surface area contributed by atoms with Crippen LogP contribution < -0.4 is 5.73 Å². The summed E-state index contributed by atoms with van der Waals surface area (Å²) in [5.41, 5.74) is 5.87. The number of nitrogen functional groups attached to an aromatic ring is 1. The quantitative estimate of drug-likeness (QED) is 0.830. The van der Waals surface area contributed by atoms with E-state index in [2.05, 4.69) is 15.9 Å². The molecule has 0 heterocycles. The Morgan fingerprint density at radius 1 is 1.47 bits per heavy atom. The van der Waals surface area contributed by atoms with Crippen LogP contribution in [0.3, 0.4) is 0 Å². The van der Waals surface area contributed by atoms with E-state index in [-0.39, 0.29) is 16.6 Å². The second-order valence-electron chi connectivity index (χ2n) is 4.65. The van der Waals surface area contributed by atoms with Gasteiger partial charge >= 0.3 is 0 Å². The number of rotatable bonds is 5. The molecule has 0 unspecified atom stereocenters. The Labute approximate surface area is 121 Å². The minimum Gasteiger partial charge on any atom is -0.398 e. The zero-order valence-electron chi connectivity index (χ0n) is 10.6. The van der Waals surface area contributed by atoms with E-state index in [1.165, 1.54) is 10.4 Å². The van der Waals surface area contributed by atoms with E-state index in [1.807, 2.05) is 6.92 Å². The maximum Gasteiger partial charge on any atom is 0.246 e. The van der Waals surface area contributed by atoms with Crippen molar-refractivity contribution in [1.82, 2.24) is 4.31 Å². The third-order valence-corrected chi connectivity index (χ3v) is 5.69. The van der Waals surface area contributed by atoms with Crippen molar-refractivity contribution < 1.29 is 12.8 Å². The molecule has 4 nitrogen and oxygen atoms in total. The van der Waals surface area contributed by atoms with Gasteiger partial charge in [0.15, 0.2) is 0 Å². The van der Waals surface area contributed by atoms with E-state index in [0.29, 0.717) is 17.4 Å². The fraction of sp³-hybridized carbons (Fsp3) is 0.500. The molecule has 0 aliphatic heterocycles. The molecule has 0 atom stereocenters. The largest absolute Gasteiger partial charge is 0.398 e. The van der Waals surface area contributed by atoms with Crippen LogP contribution in [-0.2, 0) is 10.0 Å². The molecule has 2 rings (SSSR count). The third kappa shape index (κ3) is 2.93. The Morgan fingerprint density at radius 2 is 2.11 bits per heavy atom. The van der Waals surface area contributed by atoms with Gasteiger partial charge in [-0.2, -0.15) is 4.31 Å². The van der Waals surface area contributed by atoms with Crippen LogP contribution in [0.25, 0.3) is 0 Å². The SMILES string of the molecule is CCCN(C1CC1)S(=O)(=O)c1cc(N)c(Br)cc1F. The van der Waals surface area contributed by atoms with Gasteiger partial charge in [-0.3, -0.25) is 0 Å². The van der Waals surface area contributed by atoms with Crippen molar-refractivity contribution in [3.05, 3.63) is 22.4 Å². The third-order valence-electron chi connectivity index (χ3n) is 3.04. The molecule has 0 spiro atoms. The Bertz CT molecular complexity index is 588. The molecule has 0 radical (unpaired) electrons. The lowest BCUT2D eigenvalue weighted by Gasteiger charge is -2.21. The summed E-state index contributed by atoms with van der Waals surface area (Å²) in [6.45, 7) is 2.31. The van der Waals surface area contributed by atoms with Crippen molar-refractivity contribution in [3.63, 3.8) is 0 Å². The van der Waals surface area contributed by atoms with Crippen LogP contribution in [0.15, 0.2) is 21.5 Å². The normalized spacial score (nSPS) is 16.0. The molecule has 106 valence electrons. The highest BCUT2D eigenvalue weighted by Crippen LogP contribution is 2.34. The highest BCUT2D eigenvalue weighted by molar-refractivity contribution is 9.10. The molecule has 0 aromatic heterocycles. The summed E-state index contributed by atoms with van der Waals surface area (Å²) in [7, 11) is -3.81. The van der Waals surface area contributed by atoms with Crippen molar-refractivity contribution in [2.24, 2.45) is 0 Å². The summed E-state index contributed by atoms with van der Waals surface area (Å²) < 4.78 is 40.7. The first kappa shape index (κ1) is 14.7. The van der Waals surface area contributed by atoms with Gasteiger partial charge in [-0.1, -0.05) is 6.92 Å². The average Bonchev–Trinajstić information content (AvgIpc) is 3.14. The fourth-order valence-corrected chi connectivity index (χ4v) is 4.13. The van der Waals surface area contributed by atoms with Crippen molar-refractivity contribution in [3.8, 4) is 0 Å². The smallest absolute Gasteiger partial charge is 0.246 e. The van der Waals surface area contributed by atoms with Crippen molar-refractivity contribution >= 4 is 31.6 Å². The van der Waals surface area contributed by atoms with Crippen LogP contribution in [0.2, 0.25) is 0 Å². The summed E-state index contributed by atoms with van der Waals surface area (Å²) in [6.07, 6.45) is 2.38. The predicted molar refractivity (Wildman–Crippen MR) is 75.7 cm³/mol. The zero-order chi connectivity index (χ0) is 14.2. The number of sulfonamides is 1. The number of halogens is 2. The minimum atomic E-state index is -3.81. The van der Waals surface area contributed by atoms with Crippen LogP contribution in [0.5, 0.6) is 0 Å². The Kier molecular flexibility index (Phi) is 4.17. The molecule has 2 N–H and O–H groups in total. The predicted octanol–water partition coefficient (Wildman–Crippen LogP) is 2.73. The van der Waals surface area contributed by atoms with Crippen LogP contribution >= 0.6 is 15.9 Å². The Hall–Kier alpha value is -0.660. The first-order valence-electron chi connectivity index (χ1n) is 6.14. The lowest BCUT2D eigenvalue weighted by molar-refractivity contribution is 0.400. The maximum absolute atomic E-state index is 13.9. The average molecular weight is 351 g/mol. The molecule has 1 saturated carbocycles. The van der Waals surface area contributed by atoms with Gasteiger partial charge in [0.2, 0.25) is 10.0 Å². The molecule has 1 aromatic carbocycles. The van der Waals surface area contributed by atoms with Gasteiger partial charge in [0.05, 0.1) is 0 Å². The molecule has 0 saturated heterocycles. The lowest BCUT2D eigenvalue weighted by atomic mass is 10.3.